The van der Waals surface area contributed by atoms with Crippen LogP contribution in [0.5, 0.6) is 0 Å². The van der Waals surface area contributed by atoms with Crippen LogP contribution >= 0.6 is 0 Å². The number of rotatable bonds is 3. The fourth-order valence-electron chi connectivity index (χ4n) is 2.88. The number of hydrogen-bond acceptors (Lipinski definition) is 5. The molecular formula is C15H20F3N5O. The molecule has 3 N–H and O–H groups in total. The number of anilines is 1. The molecule has 1 aliphatic carbocycles. The maximum Gasteiger partial charge on any atom is 0.411 e. The van der Waals surface area contributed by atoms with E-state index in [9.17, 15) is 18.0 Å². The van der Waals surface area contributed by atoms with E-state index in [-0.39, 0.29) is 24.7 Å². The smallest absolute Gasteiger partial charge is 0.355 e. The highest BCUT2D eigenvalue weighted by molar-refractivity contribution is 5.92. The van der Waals surface area contributed by atoms with Crippen molar-refractivity contribution in [1.29, 1.82) is 0 Å². The maximum atomic E-state index is 13.0. The lowest BCUT2D eigenvalue weighted by Gasteiger charge is -2.22. The molecule has 1 aliphatic heterocycles. The summed E-state index contributed by atoms with van der Waals surface area (Å²) >= 11 is 0. The molecule has 2 aliphatic rings. The minimum Gasteiger partial charge on any atom is -0.355 e. The van der Waals surface area contributed by atoms with Crippen LogP contribution in [0.1, 0.15) is 41.1 Å². The number of halogens is 3. The van der Waals surface area contributed by atoms with Gasteiger partial charge in [0.2, 0.25) is 5.82 Å². The average Bonchev–Trinajstić information content (AvgIpc) is 3.15. The van der Waals surface area contributed by atoms with Crippen molar-refractivity contribution in [1.82, 2.24) is 15.3 Å². The highest BCUT2D eigenvalue weighted by atomic mass is 19.4. The van der Waals surface area contributed by atoms with Crippen LogP contribution in [-0.4, -0.2) is 46.7 Å². The fraction of sp³-hybridized carbons (Fsp3) is 0.667. The van der Waals surface area contributed by atoms with Crippen molar-refractivity contribution >= 4 is 11.7 Å². The summed E-state index contributed by atoms with van der Waals surface area (Å²) in [5.41, 5.74) is 5.15. The SMILES string of the molecule is Cc1nc(C(=O)NC2(C(F)(F)F)CC2)nc(N2CC[C@@H](N)C2)c1C. The molecule has 0 bridgehead atoms. The Hall–Kier alpha value is -1.90. The van der Waals surface area contributed by atoms with E-state index < -0.39 is 17.6 Å². The van der Waals surface area contributed by atoms with Crippen LogP contribution in [0.4, 0.5) is 19.0 Å². The van der Waals surface area contributed by atoms with Gasteiger partial charge in [-0.05, 0) is 33.1 Å². The first-order valence-corrected chi connectivity index (χ1v) is 7.88. The highest BCUT2D eigenvalue weighted by Crippen LogP contribution is 2.49. The third kappa shape index (κ3) is 2.92. The molecule has 1 aromatic heterocycles. The number of amides is 1. The van der Waals surface area contributed by atoms with E-state index in [1.807, 2.05) is 11.8 Å². The van der Waals surface area contributed by atoms with E-state index in [0.717, 1.165) is 12.0 Å². The lowest BCUT2D eigenvalue weighted by Crippen LogP contribution is -2.48. The molecule has 2 heterocycles. The zero-order valence-corrected chi connectivity index (χ0v) is 13.6. The maximum absolute atomic E-state index is 13.0. The van der Waals surface area contributed by atoms with Crippen molar-refractivity contribution in [2.24, 2.45) is 5.73 Å². The van der Waals surface area contributed by atoms with Crippen molar-refractivity contribution in [2.45, 2.75) is 50.9 Å². The zero-order chi connectivity index (χ0) is 17.7. The Labute approximate surface area is 137 Å². The predicted octanol–water partition coefficient (Wildman–Crippen LogP) is 1.46. The van der Waals surface area contributed by atoms with E-state index in [4.69, 9.17) is 5.73 Å². The molecule has 132 valence electrons. The van der Waals surface area contributed by atoms with Gasteiger partial charge in [0.1, 0.15) is 11.4 Å². The number of hydrogen-bond donors (Lipinski definition) is 2. The molecule has 1 saturated carbocycles. The first-order valence-electron chi connectivity index (χ1n) is 7.88. The van der Waals surface area contributed by atoms with Crippen LogP contribution in [-0.2, 0) is 0 Å². The molecule has 1 atom stereocenters. The molecule has 1 saturated heterocycles. The van der Waals surface area contributed by atoms with Crippen LogP contribution in [0, 0.1) is 13.8 Å². The van der Waals surface area contributed by atoms with Gasteiger partial charge >= 0.3 is 6.18 Å². The van der Waals surface area contributed by atoms with Crippen molar-refractivity contribution in [3.05, 3.63) is 17.1 Å². The molecule has 6 nitrogen and oxygen atoms in total. The lowest BCUT2D eigenvalue weighted by molar-refractivity contribution is -0.163. The van der Waals surface area contributed by atoms with Gasteiger partial charge < -0.3 is 16.0 Å². The lowest BCUT2D eigenvalue weighted by atomic mass is 10.2. The molecular weight excluding hydrogens is 323 g/mol. The summed E-state index contributed by atoms with van der Waals surface area (Å²) in [6.07, 6.45) is -3.88. The molecule has 0 spiro atoms. The molecule has 1 amide bonds. The Morgan fingerprint density at radius 3 is 2.50 bits per heavy atom. The molecule has 2 fully saturated rings. The number of carbonyl (C=O) groups is 1. The second-order valence-corrected chi connectivity index (χ2v) is 6.61. The van der Waals surface area contributed by atoms with Gasteiger partial charge in [0.15, 0.2) is 0 Å². The van der Waals surface area contributed by atoms with Crippen LogP contribution < -0.4 is 16.0 Å². The van der Waals surface area contributed by atoms with Gasteiger partial charge in [-0.2, -0.15) is 13.2 Å². The van der Waals surface area contributed by atoms with Crippen LogP contribution in [0.15, 0.2) is 0 Å². The summed E-state index contributed by atoms with van der Waals surface area (Å²) in [6.45, 7) is 4.84. The number of nitrogens with zero attached hydrogens (tertiary/aromatic N) is 3. The number of nitrogens with two attached hydrogens (primary N) is 1. The Morgan fingerprint density at radius 2 is 2.00 bits per heavy atom. The first-order chi connectivity index (χ1) is 11.1. The summed E-state index contributed by atoms with van der Waals surface area (Å²) < 4.78 is 39.0. The molecule has 1 aromatic rings. The first kappa shape index (κ1) is 16.9. The van der Waals surface area contributed by atoms with Gasteiger partial charge in [0.25, 0.3) is 5.91 Å². The number of alkyl halides is 3. The fourth-order valence-corrected chi connectivity index (χ4v) is 2.88. The summed E-state index contributed by atoms with van der Waals surface area (Å²) in [5.74, 6) is -0.556. The van der Waals surface area contributed by atoms with Crippen molar-refractivity contribution in [3.8, 4) is 0 Å². The monoisotopic (exact) mass is 343 g/mol. The van der Waals surface area contributed by atoms with Gasteiger partial charge in [-0.15, -0.1) is 0 Å². The van der Waals surface area contributed by atoms with Crippen molar-refractivity contribution < 1.29 is 18.0 Å². The largest absolute Gasteiger partial charge is 0.411 e. The van der Waals surface area contributed by atoms with E-state index in [2.05, 4.69) is 15.3 Å². The predicted molar refractivity (Wildman–Crippen MR) is 81.8 cm³/mol. The number of carbonyl (C=O) groups excluding carboxylic acids is 1. The van der Waals surface area contributed by atoms with Crippen LogP contribution in [0.2, 0.25) is 0 Å². The summed E-state index contributed by atoms with van der Waals surface area (Å²) in [7, 11) is 0. The van der Waals surface area contributed by atoms with E-state index in [1.165, 1.54) is 0 Å². The molecule has 0 aromatic carbocycles. The van der Waals surface area contributed by atoms with Gasteiger partial charge in [0, 0.05) is 30.4 Å². The molecule has 3 rings (SSSR count). The van der Waals surface area contributed by atoms with E-state index in [1.54, 1.807) is 6.92 Å². The van der Waals surface area contributed by atoms with Gasteiger partial charge in [-0.3, -0.25) is 4.79 Å². The Bertz CT molecular complexity index is 672. The normalized spacial score (nSPS) is 22.6. The molecule has 24 heavy (non-hydrogen) atoms. The Morgan fingerprint density at radius 1 is 1.33 bits per heavy atom. The second-order valence-electron chi connectivity index (χ2n) is 6.61. The number of aromatic nitrogens is 2. The number of aryl methyl sites for hydroxylation is 1. The van der Waals surface area contributed by atoms with Crippen molar-refractivity contribution in [2.75, 3.05) is 18.0 Å². The second kappa shape index (κ2) is 5.58. The van der Waals surface area contributed by atoms with Crippen LogP contribution in [0.3, 0.4) is 0 Å². The van der Waals surface area contributed by atoms with E-state index >= 15 is 0 Å². The average molecular weight is 343 g/mol. The third-order valence-corrected chi connectivity index (χ3v) is 4.74. The summed E-state index contributed by atoms with van der Waals surface area (Å²) in [5, 5.41) is 2.06. The molecule has 0 radical (unpaired) electrons. The summed E-state index contributed by atoms with van der Waals surface area (Å²) in [4.78, 5) is 22.5. The minimum absolute atomic E-state index is 0.0249. The zero-order valence-electron chi connectivity index (χ0n) is 13.6. The van der Waals surface area contributed by atoms with Crippen LogP contribution in [0.25, 0.3) is 0 Å². The standard InChI is InChI=1S/C15H20F3N5O/c1-8-9(2)20-11(21-12(8)23-6-3-10(19)7-23)13(24)22-14(4-5-14)15(16,17)18/h10H,3-7,19H2,1-2H3,(H,22,24)/t10-/m1/s1. The van der Waals surface area contributed by atoms with Gasteiger partial charge in [0.05, 0.1) is 0 Å². The minimum atomic E-state index is -4.47. The topological polar surface area (TPSA) is 84.1 Å². The summed E-state index contributed by atoms with van der Waals surface area (Å²) in [6, 6.07) is 0.0249. The Balaban J connectivity index is 1.86. The number of nitrogens with one attached hydrogen (secondary N) is 1. The molecule has 9 heteroatoms. The molecule has 0 unspecified atom stereocenters. The van der Waals surface area contributed by atoms with E-state index in [0.29, 0.717) is 24.6 Å². The quantitative estimate of drug-likeness (QED) is 0.868. The third-order valence-electron chi connectivity index (χ3n) is 4.74. The van der Waals surface area contributed by atoms with Gasteiger partial charge in [-0.1, -0.05) is 0 Å². The Kier molecular flexibility index (Phi) is 3.94. The van der Waals surface area contributed by atoms with Gasteiger partial charge in [-0.25, -0.2) is 9.97 Å². The highest BCUT2D eigenvalue weighted by Gasteiger charge is 2.64. The van der Waals surface area contributed by atoms with Crippen molar-refractivity contribution in [3.63, 3.8) is 0 Å².